The van der Waals surface area contributed by atoms with Gasteiger partial charge in [-0.05, 0) is 90.6 Å². The normalized spacial score (nSPS) is 20.8. The van der Waals surface area contributed by atoms with Gasteiger partial charge in [0.15, 0.2) is 0 Å². The molecule has 204 valence electrons. The molecule has 0 bridgehead atoms. The molecule has 0 amide bonds. The fraction of sp³-hybridized carbons (Fsp3) is 0.419. The number of benzene rings is 3. The van der Waals surface area contributed by atoms with Gasteiger partial charge in [0.1, 0.15) is 11.5 Å². The van der Waals surface area contributed by atoms with Gasteiger partial charge in [-0.15, -0.1) is 0 Å². The van der Waals surface area contributed by atoms with Crippen LogP contribution < -0.4 is 20.4 Å². The summed E-state index contributed by atoms with van der Waals surface area (Å²) >= 11 is 0. The lowest BCUT2D eigenvalue weighted by atomic mass is 9.79. The van der Waals surface area contributed by atoms with Gasteiger partial charge >= 0.3 is 14.2 Å². The molecule has 0 atom stereocenters. The van der Waals surface area contributed by atoms with Crippen molar-refractivity contribution in [2.45, 2.75) is 84.1 Å². The average molecular weight is 528 g/mol. The van der Waals surface area contributed by atoms with Gasteiger partial charge in [0, 0.05) is 5.56 Å². The summed E-state index contributed by atoms with van der Waals surface area (Å²) in [6.45, 7) is 16.4. The van der Waals surface area contributed by atoms with Gasteiger partial charge in [-0.2, -0.15) is 0 Å². The second-order valence-electron chi connectivity index (χ2n) is 12.3. The highest BCUT2D eigenvalue weighted by atomic mass is 16.7. The van der Waals surface area contributed by atoms with Crippen LogP contribution in [0.4, 0.5) is 0 Å². The van der Waals surface area contributed by atoms with Crippen LogP contribution in [0, 0.1) is 0 Å². The lowest BCUT2D eigenvalue weighted by Gasteiger charge is -2.32. The molecule has 2 heterocycles. The maximum absolute atomic E-state index is 6.44. The zero-order chi connectivity index (χ0) is 28.1. The highest BCUT2D eigenvalue weighted by Gasteiger charge is 2.52. The molecule has 3 aromatic carbocycles. The molecule has 39 heavy (non-hydrogen) atoms. The summed E-state index contributed by atoms with van der Waals surface area (Å²) in [6, 6.07) is 25.5. The quantitative estimate of drug-likeness (QED) is 0.301. The molecule has 2 aliphatic heterocycles. The molecule has 0 radical (unpaired) electrons. The first-order valence-electron chi connectivity index (χ1n) is 13.6. The van der Waals surface area contributed by atoms with E-state index in [0.717, 1.165) is 16.5 Å². The van der Waals surface area contributed by atoms with Gasteiger partial charge in [0.05, 0.1) is 22.4 Å². The predicted molar refractivity (Wildman–Crippen MR) is 155 cm³/mol. The van der Waals surface area contributed by atoms with Crippen LogP contribution in [0.25, 0.3) is 0 Å². The SMILES string of the molecule is CC1(C)OB(c2cccc(OC(Oc3cccc(B4OC(C)(C)C(C)(C)O4)c3)c3ccccc3)c2)OC1(C)C. The molecule has 0 spiro atoms. The van der Waals surface area contributed by atoms with E-state index in [1.54, 1.807) is 0 Å². The van der Waals surface area contributed by atoms with E-state index in [9.17, 15) is 0 Å². The lowest BCUT2D eigenvalue weighted by molar-refractivity contribution is 0.00390. The molecular formula is C31H38B2O6. The first-order chi connectivity index (χ1) is 18.3. The Labute approximate surface area is 233 Å². The number of hydrogen-bond acceptors (Lipinski definition) is 6. The van der Waals surface area contributed by atoms with Gasteiger partial charge in [-0.1, -0.05) is 54.6 Å². The van der Waals surface area contributed by atoms with E-state index in [2.05, 4.69) is 0 Å². The molecule has 0 aliphatic carbocycles. The molecule has 6 nitrogen and oxygen atoms in total. The van der Waals surface area contributed by atoms with Crippen LogP contribution in [-0.4, -0.2) is 36.6 Å². The molecule has 0 saturated carbocycles. The van der Waals surface area contributed by atoms with Crippen molar-refractivity contribution >= 4 is 25.2 Å². The Morgan fingerprint density at radius 2 is 0.897 bits per heavy atom. The maximum atomic E-state index is 6.44. The zero-order valence-corrected chi connectivity index (χ0v) is 24.2. The largest absolute Gasteiger partial charge is 0.494 e. The van der Waals surface area contributed by atoms with Gasteiger partial charge < -0.3 is 28.1 Å². The second-order valence-corrected chi connectivity index (χ2v) is 12.3. The summed E-state index contributed by atoms with van der Waals surface area (Å²) in [5, 5.41) is 0. The summed E-state index contributed by atoms with van der Waals surface area (Å²) in [6.07, 6.45) is -0.687. The predicted octanol–water partition coefficient (Wildman–Crippen LogP) is 5.44. The number of rotatable bonds is 7. The third kappa shape index (κ3) is 5.62. The van der Waals surface area contributed by atoms with E-state index in [1.165, 1.54) is 0 Å². The summed E-state index contributed by atoms with van der Waals surface area (Å²) < 4.78 is 37.9. The summed E-state index contributed by atoms with van der Waals surface area (Å²) in [7, 11) is -0.961. The Bertz CT molecular complexity index is 1190. The van der Waals surface area contributed by atoms with Crippen molar-refractivity contribution in [3.63, 3.8) is 0 Å². The van der Waals surface area contributed by atoms with E-state index >= 15 is 0 Å². The maximum Gasteiger partial charge on any atom is 0.494 e. The fourth-order valence-electron chi connectivity index (χ4n) is 4.44. The third-order valence-electron chi connectivity index (χ3n) is 8.32. The zero-order valence-electron chi connectivity index (χ0n) is 24.2. The Hall–Kier alpha value is -2.77. The standard InChI is InChI=1S/C31H38B2O6/c1-28(2)29(3,4)37-32(36-28)23-16-12-18-25(20-23)34-27(22-14-10-9-11-15-22)35-26-19-13-17-24(21-26)33-38-30(5,6)31(7,8)39-33/h9-21,27H,1-8H3. The molecule has 8 heteroatoms. The van der Waals surface area contributed by atoms with Gasteiger partial charge in [0.25, 0.3) is 6.29 Å². The van der Waals surface area contributed by atoms with Crippen molar-refractivity contribution in [3.8, 4) is 11.5 Å². The second kappa shape index (κ2) is 10.0. The minimum absolute atomic E-state index is 0.424. The smallest absolute Gasteiger partial charge is 0.451 e. The van der Waals surface area contributed by atoms with Crippen molar-refractivity contribution in [1.82, 2.24) is 0 Å². The third-order valence-corrected chi connectivity index (χ3v) is 8.32. The molecule has 0 N–H and O–H groups in total. The minimum Gasteiger partial charge on any atom is -0.451 e. The van der Waals surface area contributed by atoms with E-state index in [-0.39, 0.29) is 0 Å². The minimum atomic E-state index is -0.687. The van der Waals surface area contributed by atoms with E-state index in [0.29, 0.717) is 11.5 Å². The molecule has 2 saturated heterocycles. The van der Waals surface area contributed by atoms with Crippen LogP contribution in [0.15, 0.2) is 78.9 Å². The lowest BCUT2D eigenvalue weighted by Crippen LogP contribution is -2.41. The molecule has 3 aromatic rings. The molecular weight excluding hydrogens is 490 g/mol. The summed E-state index contributed by atoms with van der Waals surface area (Å²) in [5.41, 5.74) is 0.971. The Morgan fingerprint density at radius 3 is 1.28 bits per heavy atom. The van der Waals surface area contributed by atoms with Gasteiger partial charge in [-0.25, -0.2) is 0 Å². The van der Waals surface area contributed by atoms with Crippen molar-refractivity contribution in [2.24, 2.45) is 0 Å². The van der Waals surface area contributed by atoms with Crippen molar-refractivity contribution in [2.75, 3.05) is 0 Å². The molecule has 2 fully saturated rings. The van der Waals surface area contributed by atoms with E-state index in [1.807, 2.05) is 134 Å². The first kappa shape index (κ1) is 27.8. The highest BCUT2D eigenvalue weighted by Crippen LogP contribution is 2.38. The van der Waals surface area contributed by atoms with Crippen molar-refractivity contribution in [1.29, 1.82) is 0 Å². The topological polar surface area (TPSA) is 55.4 Å². The number of ether oxygens (including phenoxy) is 2. The van der Waals surface area contributed by atoms with Crippen LogP contribution >= 0.6 is 0 Å². The Kier molecular flexibility index (Phi) is 7.13. The average Bonchev–Trinajstić information content (AvgIpc) is 3.24. The molecule has 0 unspecified atom stereocenters. The van der Waals surface area contributed by atoms with Crippen molar-refractivity contribution in [3.05, 3.63) is 84.4 Å². The Morgan fingerprint density at radius 1 is 0.513 bits per heavy atom. The van der Waals surface area contributed by atoms with Crippen molar-refractivity contribution < 1.29 is 28.1 Å². The molecule has 5 rings (SSSR count). The summed E-state index contributed by atoms with van der Waals surface area (Å²) in [5.74, 6) is 1.30. The number of hydrogen-bond donors (Lipinski definition) is 0. The highest BCUT2D eigenvalue weighted by molar-refractivity contribution is 6.62. The monoisotopic (exact) mass is 528 g/mol. The van der Waals surface area contributed by atoms with E-state index in [4.69, 9.17) is 28.1 Å². The molecule has 2 aliphatic rings. The summed E-state index contributed by atoms with van der Waals surface area (Å²) in [4.78, 5) is 0. The van der Waals surface area contributed by atoms with Crippen LogP contribution in [0.5, 0.6) is 11.5 Å². The van der Waals surface area contributed by atoms with Crippen LogP contribution in [0.1, 0.15) is 67.2 Å². The van der Waals surface area contributed by atoms with Crippen LogP contribution in [0.2, 0.25) is 0 Å². The first-order valence-corrected chi connectivity index (χ1v) is 13.6. The van der Waals surface area contributed by atoms with Gasteiger partial charge in [-0.3, -0.25) is 0 Å². The van der Waals surface area contributed by atoms with E-state index < -0.39 is 42.9 Å². The van der Waals surface area contributed by atoms with Crippen LogP contribution in [-0.2, 0) is 18.6 Å². The molecule has 0 aromatic heterocycles. The van der Waals surface area contributed by atoms with Gasteiger partial charge in [0.2, 0.25) is 0 Å². The Balaban J connectivity index is 1.38. The fourth-order valence-corrected chi connectivity index (χ4v) is 4.44. The van der Waals surface area contributed by atoms with Crippen LogP contribution in [0.3, 0.4) is 0 Å².